The maximum Gasteiger partial charge on any atom is 0.243 e. The number of nitrogens with two attached hydrogens (primary N) is 1. The monoisotopic (exact) mass is 285 g/mol. The van der Waals surface area contributed by atoms with Crippen molar-refractivity contribution in [3.63, 3.8) is 0 Å². The van der Waals surface area contributed by atoms with Gasteiger partial charge in [-0.25, -0.2) is 13.1 Å². The molecule has 1 aliphatic carbocycles. The molecule has 1 aromatic rings. The van der Waals surface area contributed by atoms with Gasteiger partial charge in [-0.05, 0) is 25.0 Å². The van der Waals surface area contributed by atoms with Gasteiger partial charge in [0.1, 0.15) is 15.6 Å². The first-order chi connectivity index (χ1) is 8.50. The number of pyridine rings is 1. The van der Waals surface area contributed by atoms with E-state index in [-0.39, 0.29) is 21.6 Å². The Labute approximate surface area is 112 Å². The third-order valence-electron chi connectivity index (χ3n) is 2.97. The van der Waals surface area contributed by atoms with Crippen molar-refractivity contribution in [1.29, 1.82) is 0 Å². The Bertz CT molecular complexity index is 551. The number of hydrogen-bond donors (Lipinski definition) is 2. The predicted molar refractivity (Wildman–Crippen MR) is 72.7 cm³/mol. The van der Waals surface area contributed by atoms with Crippen LogP contribution in [0.2, 0.25) is 0 Å². The van der Waals surface area contributed by atoms with Gasteiger partial charge in [0, 0.05) is 12.2 Å². The van der Waals surface area contributed by atoms with Crippen LogP contribution >= 0.6 is 12.2 Å². The minimum absolute atomic E-state index is 0.00871. The largest absolute Gasteiger partial charge is 0.388 e. The van der Waals surface area contributed by atoms with Crippen molar-refractivity contribution in [3.05, 3.63) is 24.0 Å². The van der Waals surface area contributed by atoms with Gasteiger partial charge in [0.05, 0.1) is 0 Å². The van der Waals surface area contributed by atoms with Gasteiger partial charge in [0.2, 0.25) is 10.0 Å². The second-order valence-electron chi connectivity index (χ2n) is 4.32. The molecule has 7 heteroatoms. The molecule has 1 fully saturated rings. The Balaban J connectivity index is 2.31. The SMILES string of the molecule is NC(=S)c1ncccc1S(=O)(=O)NC1CCCC1. The molecule has 0 saturated heterocycles. The van der Waals surface area contributed by atoms with Crippen LogP contribution in [0.3, 0.4) is 0 Å². The van der Waals surface area contributed by atoms with Gasteiger partial charge in [-0.2, -0.15) is 0 Å². The van der Waals surface area contributed by atoms with Crippen molar-refractivity contribution < 1.29 is 8.42 Å². The zero-order chi connectivity index (χ0) is 13.2. The zero-order valence-electron chi connectivity index (χ0n) is 9.80. The van der Waals surface area contributed by atoms with E-state index < -0.39 is 10.0 Å². The average Bonchev–Trinajstić information content (AvgIpc) is 2.81. The van der Waals surface area contributed by atoms with Gasteiger partial charge in [-0.1, -0.05) is 25.1 Å². The number of nitrogens with zero attached hydrogens (tertiary/aromatic N) is 1. The van der Waals surface area contributed by atoms with Crippen molar-refractivity contribution in [1.82, 2.24) is 9.71 Å². The van der Waals surface area contributed by atoms with Gasteiger partial charge in [-0.3, -0.25) is 4.98 Å². The first-order valence-corrected chi connectivity index (χ1v) is 7.67. The van der Waals surface area contributed by atoms with Crippen LogP contribution in [-0.4, -0.2) is 24.4 Å². The van der Waals surface area contributed by atoms with Crippen molar-refractivity contribution in [2.75, 3.05) is 0 Å². The zero-order valence-corrected chi connectivity index (χ0v) is 11.4. The molecule has 0 atom stereocenters. The minimum Gasteiger partial charge on any atom is -0.388 e. The molecule has 0 bridgehead atoms. The Hall–Kier alpha value is -1.05. The summed E-state index contributed by atoms with van der Waals surface area (Å²) in [6.07, 6.45) is 5.34. The van der Waals surface area contributed by atoms with Gasteiger partial charge in [0.25, 0.3) is 0 Å². The summed E-state index contributed by atoms with van der Waals surface area (Å²) in [4.78, 5) is 3.98. The molecule has 2 rings (SSSR count). The molecule has 0 aromatic carbocycles. The molecule has 0 spiro atoms. The van der Waals surface area contributed by atoms with E-state index >= 15 is 0 Å². The summed E-state index contributed by atoms with van der Waals surface area (Å²) >= 11 is 4.82. The summed E-state index contributed by atoms with van der Waals surface area (Å²) < 4.78 is 27.2. The highest BCUT2D eigenvalue weighted by molar-refractivity contribution is 7.89. The van der Waals surface area contributed by atoms with Crippen LogP contribution < -0.4 is 10.5 Å². The summed E-state index contributed by atoms with van der Waals surface area (Å²) in [5.41, 5.74) is 5.65. The maximum atomic E-state index is 12.2. The van der Waals surface area contributed by atoms with E-state index in [2.05, 4.69) is 9.71 Å². The highest BCUT2D eigenvalue weighted by atomic mass is 32.2. The molecule has 0 unspecified atom stereocenters. The predicted octanol–water partition coefficient (Wildman–Crippen LogP) is 0.937. The number of thiocarbonyl (C=S) groups is 1. The lowest BCUT2D eigenvalue weighted by molar-refractivity contribution is 0.551. The van der Waals surface area contributed by atoms with Crippen molar-refractivity contribution in [2.45, 2.75) is 36.6 Å². The molecule has 1 heterocycles. The molecule has 0 radical (unpaired) electrons. The summed E-state index contributed by atoms with van der Waals surface area (Å²) in [7, 11) is -3.60. The third-order valence-corrected chi connectivity index (χ3v) is 4.72. The lowest BCUT2D eigenvalue weighted by atomic mass is 10.3. The Morgan fingerprint density at radius 3 is 2.72 bits per heavy atom. The second kappa shape index (κ2) is 5.29. The average molecular weight is 285 g/mol. The second-order valence-corrected chi connectivity index (χ2v) is 6.44. The fraction of sp³-hybridized carbons (Fsp3) is 0.455. The van der Waals surface area contributed by atoms with E-state index in [0.717, 1.165) is 25.7 Å². The van der Waals surface area contributed by atoms with Crippen LogP contribution in [0.4, 0.5) is 0 Å². The van der Waals surface area contributed by atoms with Crippen molar-refractivity contribution >= 4 is 27.2 Å². The normalized spacial score (nSPS) is 16.9. The van der Waals surface area contributed by atoms with Crippen LogP contribution in [0.25, 0.3) is 0 Å². The fourth-order valence-electron chi connectivity index (χ4n) is 2.12. The Morgan fingerprint density at radius 1 is 1.44 bits per heavy atom. The van der Waals surface area contributed by atoms with Crippen molar-refractivity contribution in [2.24, 2.45) is 5.73 Å². The molecule has 3 N–H and O–H groups in total. The molecule has 18 heavy (non-hydrogen) atoms. The van der Waals surface area contributed by atoms with E-state index in [1.165, 1.54) is 12.3 Å². The molecule has 98 valence electrons. The number of hydrogen-bond acceptors (Lipinski definition) is 4. The van der Waals surface area contributed by atoms with E-state index in [9.17, 15) is 8.42 Å². The number of aromatic nitrogens is 1. The van der Waals surface area contributed by atoms with Crippen LogP contribution in [0.15, 0.2) is 23.2 Å². The van der Waals surface area contributed by atoms with Gasteiger partial charge < -0.3 is 5.73 Å². The maximum absolute atomic E-state index is 12.2. The number of sulfonamides is 1. The van der Waals surface area contributed by atoms with Gasteiger partial charge >= 0.3 is 0 Å². The third kappa shape index (κ3) is 2.85. The van der Waals surface area contributed by atoms with E-state index in [1.807, 2.05) is 0 Å². The number of nitrogens with one attached hydrogen (secondary N) is 1. The summed E-state index contributed by atoms with van der Waals surface area (Å²) in [5, 5.41) is 0. The lowest BCUT2D eigenvalue weighted by Gasteiger charge is -2.14. The molecule has 0 amide bonds. The fourth-order valence-corrected chi connectivity index (χ4v) is 3.82. The van der Waals surface area contributed by atoms with E-state index in [0.29, 0.717) is 0 Å². The summed E-state index contributed by atoms with van der Waals surface area (Å²) in [6, 6.07) is 3.04. The van der Waals surface area contributed by atoms with E-state index in [4.69, 9.17) is 18.0 Å². The molecule has 1 saturated carbocycles. The molecule has 1 aliphatic rings. The van der Waals surface area contributed by atoms with Crippen molar-refractivity contribution in [3.8, 4) is 0 Å². The summed E-state index contributed by atoms with van der Waals surface area (Å²) in [6.45, 7) is 0. The van der Waals surface area contributed by atoms with E-state index in [1.54, 1.807) is 6.07 Å². The molecular weight excluding hydrogens is 270 g/mol. The molecular formula is C11H15N3O2S2. The molecule has 0 aliphatic heterocycles. The van der Waals surface area contributed by atoms with Crippen LogP contribution in [-0.2, 0) is 10.0 Å². The first kappa shape index (κ1) is 13.4. The molecule has 1 aromatic heterocycles. The van der Waals surface area contributed by atoms with Crippen LogP contribution in [0.5, 0.6) is 0 Å². The van der Waals surface area contributed by atoms with Crippen LogP contribution in [0.1, 0.15) is 31.4 Å². The molecule has 5 nitrogen and oxygen atoms in total. The quantitative estimate of drug-likeness (QED) is 0.804. The highest BCUT2D eigenvalue weighted by Gasteiger charge is 2.25. The van der Waals surface area contributed by atoms with Crippen LogP contribution in [0, 0.1) is 0 Å². The van der Waals surface area contributed by atoms with Gasteiger partial charge in [0.15, 0.2) is 0 Å². The van der Waals surface area contributed by atoms with Gasteiger partial charge in [-0.15, -0.1) is 0 Å². The standard InChI is InChI=1S/C11H15N3O2S2/c12-11(17)10-9(6-3-7-13-10)18(15,16)14-8-4-1-2-5-8/h3,6-8,14H,1-2,4-5H2,(H2,12,17). The topological polar surface area (TPSA) is 85.1 Å². The Kier molecular flexibility index (Phi) is 3.94. The highest BCUT2D eigenvalue weighted by Crippen LogP contribution is 2.21. The lowest BCUT2D eigenvalue weighted by Crippen LogP contribution is -2.34. The first-order valence-electron chi connectivity index (χ1n) is 5.78. The minimum atomic E-state index is -3.60. The summed E-state index contributed by atoms with van der Waals surface area (Å²) in [5.74, 6) is 0. The number of rotatable bonds is 4. The Morgan fingerprint density at radius 2 is 2.11 bits per heavy atom. The smallest absolute Gasteiger partial charge is 0.243 e.